The minimum Gasteiger partial charge on any atom is -0.387 e. The van der Waals surface area contributed by atoms with Crippen LogP contribution in [0.4, 0.5) is 0 Å². The number of aliphatic hydroxyl groups excluding tert-OH is 1. The third-order valence-electron chi connectivity index (χ3n) is 3.16. The molecule has 2 aromatic rings. The Hall–Kier alpha value is -1.71. The molecule has 0 aliphatic rings. The van der Waals surface area contributed by atoms with Gasteiger partial charge >= 0.3 is 0 Å². The van der Waals surface area contributed by atoms with Gasteiger partial charge in [-0.3, -0.25) is 4.98 Å². The number of hydrogen-bond donors (Lipinski definition) is 2. The fraction of sp³-hybridized carbons (Fsp3) is 0.312. The highest BCUT2D eigenvalue weighted by Crippen LogP contribution is 2.16. The molecular weight excluding hydrogens is 236 g/mol. The Morgan fingerprint density at radius 3 is 2.63 bits per heavy atom. The zero-order valence-corrected chi connectivity index (χ0v) is 11.4. The first-order valence-corrected chi connectivity index (χ1v) is 6.52. The lowest BCUT2D eigenvalue weighted by Crippen LogP contribution is -2.22. The Morgan fingerprint density at radius 2 is 1.95 bits per heavy atom. The molecule has 2 N–H and O–H groups in total. The number of nitrogens with zero attached hydrogens (tertiary/aromatic N) is 1. The van der Waals surface area contributed by atoms with Crippen LogP contribution in [0, 0.1) is 13.8 Å². The summed E-state index contributed by atoms with van der Waals surface area (Å²) in [6, 6.07) is 12.0. The second-order valence-corrected chi connectivity index (χ2v) is 4.83. The number of nitrogens with one attached hydrogen (secondary N) is 1. The zero-order chi connectivity index (χ0) is 13.7. The van der Waals surface area contributed by atoms with Crippen molar-refractivity contribution < 1.29 is 5.11 Å². The van der Waals surface area contributed by atoms with Gasteiger partial charge in [0.2, 0.25) is 0 Å². The Morgan fingerprint density at radius 1 is 1.16 bits per heavy atom. The monoisotopic (exact) mass is 256 g/mol. The van der Waals surface area contributed by atoms with E-state index in [1.807, 2.05) is 56.4 Å². The van der Waals surface area contributed by atoms with Crippen LogP contribution in [0.2, 0.25) is 0 Å². The van der Waals surface area contributed by atoms with Gasteiger partial charge in [0.25, 0.3) is 0 Å². The minimum atomic E-state index is -0.480. The average Bonchev–Trinajstić information content (AvgIpc) is 2.41. The molecule has 19 heavy (non-hydrogen) atoms. The van der Waals surface area contributed by atoms with Crippen molar-refractivity contribution in [3.05, 3.63) is 65.0 Å². The maximum atomic E-state index is 10.1. The number of pyridine rings is 1. The molecule has 1 aromatic heterocycles. The van der Waals surface area contributed by atoms with Crippen molar-refractivity contribution in [2.24, 2.45) is 0 Å². The van der Waals surface area contributed by atoms with Gasteiger partial charge in [0.05, 0.1) is 11.8 Å². The lowest BCUT2D eigenvalue weighted by molar-refractivity contribution is 0.173. The first-order chi connectivity index (χ1) is 9.16. The van der Waals surface area contributed by atoms with Crippen molar-refractivity contribution in [2.75, 3.05) is 6.54 Å². The molecule has 0 aliphatic carbocycles. The molecule has 3 heteroatoms. The number of benzene rings is 1. The van der Waals surface area contributed by atoms with E-state index in [9.17, 15) is 5.11 Å². The smallest absolute Gasteiger partial charge is 0.0917 e. The molecule has 0 radical (unpaired) electrons. The van der Waals surface area contributed by atoms with Gasteiger partial charge in [-0.05, 0) is 36.6 Å². The van der Waals surface area contributed by atoms with Gasteiger partial charge in [-0.15, -0.1) is 0 Å². The van der Waals surface area contributed by atoms with Gasteiger partial charge in [0.1, 0.15) is 0 Å². The summed E-state index contributed by atoms with van der Waals surface area (Å²) in [6.45, 7) is 5.23. The molecule has 1 atom stereocenters. The largest absolute Gasteiger partial charge is 0.387 e. The number of rotatable bonds is 5. The molecule has 0 saturated heterocycles. The maximum Gasteiger partial charge on any atom is 0.0917 e. The van der Waals surface area contributed by atoms with Crippen LogP contribution in [0.15, 0.2) is 42.6 Å². The molecule has 100 valence electrons. The second kappa shape index (κ2) is 6.45. The minimum absolute atomic E-state index is 0.480. The molecule has 0 fully saturated rings. The van der Waals surface area contributed by atoms with E-state index >= 15 is 0 Å². The number of aryl methyl sites for hydroxylation is 2. The number of hydrogen-bond acceptors (Lipinski definition) is 3. The van der Waals surface area contributed by atoms with Gasteiger partial charge in [0, 0.05) is 19.3 Å². The highest BCUT2D eigenvalue weighted by Gasteiger charge is 2.09. The Bertz CT molecular complexity index is 523. The van der Waals surface area contributed by atoms with E-state index in [1.165, 1.54) is 0 Å². The highest BCUT2D eigenvalue weighted by atomic mass is 16.3. The fourth-order valence-electron chi connectivity index (χ4n) is 2.01. The Balaban J connectivity index is 1.86. The first kappa shape index (κ1) is 13.7. The van der Waals surface area contributed by atoms with Gasteiger partial charge in [-0.25, -0.2) is 0 Å². The molecule has 1 unspecified atom stereocenters. The van der Waals surface area contributed by atoms with Crippen molar-refractivity contribution in [1.29, 1.82) is 0 Å². The summed E-state index contributed by atoms with van der Waals surface area (Å²) >= 11 is 0. The molecular formula is C16H20N2O. The van der Waals surface area contributed by atoms with Gasteiger partial charge in [-0.2, -0.15) is 0 Å². The summed E-state index contributed by atoms with van der Waals surface area (Å²) in [7, 11) is 0. The second-order valence-electron chi connectivity index (χ2n) is 4.83. The number of aromatic nitrogens is 1. The maximum absolute atomic E-state index is 10.1. The molecule has 2 rings (SSSR count). The third-order valence-corrected chi connectivity index (χ3v) is 3.16. The summed E-state index contributed by atoms with van der Waals surface area (Å²) in [5, 5.41) is 13.4. The summed E-state index contributed by atoms with van der Waals surface area (Å²) in [4.78, 5) is 4.32. The van der Waals surface area contributed by atoms with Crippen LogP contribution in [-0.2, 0) is 6.54 Å². The summed E-state index contributed by atoms with van der Waals surface area (Å²) in [6.07, 6.45) is 1.38. The Kier molecular flexibility index (Phi) is 4.66. The van der Waals surface area contributed by atoms with Gasteiger partial charge in [0.15, 0.2) is 0 Å². The molecule has 0 saturated carbocycles. The topological polar surface area (TPSA) is 45.1 Å². The van der Waals surface area contributed by atoms with E-state index in [4.69, 9.17) is 0 Å². The van der Waals surface area contributed by atoms with E-state index in [0.717, 1.165) is 22.4 Å². The quantitative estimate of drug-likeness (QED) is 0.864. The van der Waals surface area contributed by atoms with E-state index in [1.54, 1.807) is 0 Å². The van der Waals surface area contributed by atoms with Crippen LogP contribution in [0.1, 0.15) is 28.5 Å². The molecule has 1 aromatic carbocycles. The van der Waals surface area contributed by atoms with Crippen LogP contribution in [0.3, 0.4) is 0 Å². The van der Waals surface area contributed by atoms with Crippen molar-refractivity contribution in [1.82, 2.24) is 10.3 Å². The fourth-order valence-corrected chi connectivity index (χ4v) is 2.01. The van der Waals surface area contributed by atoms with Crippen LogP contribution >= 0.6 is 0 Å². The van der Waals surface area contributed by atoms with Crippen LogP contribution in [0.5, 0.6) is 0 Å². The van der Waals surface area contributed by atoms with Crippen molar-refractivity contribution in [3.63, 3.8) is 0 Å². The predicted molar refractivity (Wildman–Crippen MR) is 76.8 cm³/mol. The lowest BCUT2D eigenvalue weighted by Gasteiger charge is -2.14. The lowest BCUT2D eigenvalue weighted by atomic mass is 10.0. The van der Waals surface area contributed by atoms with Crippen LogP contribution in [-0.4, -0.2) is 16.6 Å². The van der Waals surface area contributed by atoms with Gasteiger partial charge in [-0.1, -0.05) is 30.3 Å². The van der Waals surface area contributed by atoms with Crippen LogP contribution < -0.4 is 5.32 Å². The highest BCUT2D eigenvalue weighted by molar-refractivity contribution is 5.27. The molecule has 0 aliphatic heterocycles. The predicted octanol–water partition coefficient (Wildman–Crippen LogP) is 2.52. The van der Waals surface area contributed by atoms with Gasteiger partial charge < -0.3 is 10.4 Å². The molecule has 0 spiro atoms. The molecule has 1 heterocycles. The average molecular weight is 256 g/mol. The Labute approximate surface area is 114 Å². The van der Waals surface area contributed by atoms with E-state index in [2.05, 4.69) is 10.3 Å². The normalized spacial score (nSPS) is 12.4. The first-order valence-electron chi connectivity index (χ1n) is 6.52. The molecule has 3 nitrogen and oxygen atoms in total. The van der Waals surface area contributed by atoms with Crippen LogP contribution in [0.25, 0.3) is 0 Å². The van der Waals surface area contributed by atoms with Crippen molar-refractivity contribution in [2.45, 2.75) is 26.5 Å². The van der Waals surface area contributed by atoms with E-state index in [0.29, 0.717) is 13.1 Å². The van der Waals surface area contributed by atoms with E-state index < -0.39 is 6.10 Å². The third kappa shape index (κ3) is 3.88. The zero-order valence-electron chi connectivity index (χ0n) is 11.4. The summed E-state index contributed by atoms with van der Waals surface area (Å²) in [5.74, 6) is 0. The SMILES string of the molecule is Cc1ccc(CNCC(O)c2ccccc2C)nc1. The van der Waals surface area contributed by atoms with E-state index in [-0.39, 0.29) is 0 Å². The number of aliphatic hydroxyl groups is 1. The van der Waals surface area contributed by atoms with Crippen molar-refractivity contribution >= 4 is 0 Å². The summed E-state index contributed by atoms with van der Waals surface area (Å²) in [5.41, 5.74) is 4.24. The van der Waals surface area contributed by atoms with Crippen molar-refractivity contribution in [3.8, 4) is 0 Å². The summed E-state index contributed by atoms with van der Waals surface area (Å²) < 4.78 is 0. The molecule has 0 amide bonds. The molecule has 0 bridgehead atoms. The standard InChI is InChI=1S/C16H20N2O/c1-12-7-8-14(18-9-12)10-17-11-16(19)15-6-4-3-5-13(15)2/h3-9,16-17,19H,10-11H2,1-2H3.